The SMILES string of the molecule is COc1cccc(CSc2nnc(CNC(=O)c3ccc(C(C)(C)C)cc3)n2-c2ccc([N+](=O)[O-])cc2)c1. The van der Waals surface area contributed by atoms with Crippen LogP contribution in [0.25, 0.3) is 5.69 Å². The highest BCUT2D eigenvalue weighted by Crippen LogP contribution is 2.28. The van der Waals surface area contributed by atoms with E-state index >= 15 is 0 Å². The number of hydrogen-bond donors (Lipinski definition) is 1. The normalized spacial score (nSPS) is 11.3. The number of amides is 1. The molecule has 1 N–H and O–H groups in total. The monoisotopic (exact) mass is 531 g/mol. The van der Waals surface area contributed by atoms with E-state index in [0.29, 0.717) is 28.0 Å². The summed E-state index contributed by atoms with van der Waals surface area (Å²) in [6.45, 7) is 6.49. The fourth-order valence-electron chi connectivity index (χ4n) is 3.78. The molecule has 0 unspecified atom stereocenters. The summed E-state index contributed by atoms with van der Waals surface area (Å²) >= 11 is 1.47. The largest absolute Gasteiger partial charge is 0.497 e. The number of non-ortho nitro benzene ring substituents is 1. The van der Waals surface area contributed by atoms with E-state index in [4.69, 9.17) is 4.74 Å². The van der Waals surface area contributed by atoms with Crippen molar-refractivity contribution in [2.75, 3.05) is 7.11 Å². The topological polar surface area (TPSA) is 112 Å². The number of nitro groups is 1. The van der Waals surface area contributed by atoms with E-state index in [1.165, 1.54) is 23.9 Å². The fourth-order valence-corrected chi connectivity index (χ4v) is 4.70. The smallest absolute Gasteiger partial charge is 0.269 e. The lowest BCUT2D eigenvalue weighted by Crippen LogP contribution is -2.25. The number of thioether (sulfide) groups is 1. The number of carbonyl (C=O) groups is 1. The number of rotatable bonds is 9. The summed E-state index contributed by atoms with van der Waals surface area (Å²) in [6, 6.07) is 21.5. The summed E-state index contributed by atoms with van der Waals surface area (Å²) in [5.41, 5.74) is 3.38. The van der Waals surface area contributed by atoms with Gasteiger partial charge in [0.05, 0.1) is 18.6 Å². The second-order valence-electron chi connectivity index (χ2n) is 9.66. The maximum Gasteiger partial charge on any atom is 0.269 e. The Hall–Kier alpha value is -4.18. The van der Waals surface area contributed by atoms with Crippen LogP contribution in [0.5, 0.6) is 5.75 Å². The van der Waals surface area contributed by atoms with E-state index < -0.39 is 4.92 Å². The zero-order valence-corrected chi connectivity index (χ0v) is 22.5. The van der Waals surface area contributed by atoms with Crippen molar-refractivity contribution in [3.05, 3.63) is 105 Å². The number of ether oxygens (including phenoxy) is 1. The summed E-state index contributed by atoms with van der Waals surface area (Å²) in [4.78, 5) is 23.6. The lowest BCUT2D eigenvalue weighted by Gasteiger charge is -2.19. The standard InChI is InChI=1S/C28H29N5O4S/c1-28(2,3)21-10-8-20(9-11-21)26(34)29-17-25-30-31-27(38-18-19-6-5-7-24(16-19)37-4)32(25)22-12-14-23(15-13-22)33(35)36/h5-16H,17-18H2,1-4H3,(H,29,34). The van der Waals surface area contributed by atoms with Gasteiger partial charge in [0.15, 0.2) is 11.0 Å². The minimum atomic E-state index is -0.444. The molecule has 9 nitrogen and oxygen atoms in total. The lowest BCUT2D eigenvalue weighted by atomic mass is 9.87. The molecule has 4 rings (SSSR count). The number of nitrogens with zero attached hydrogens (tertiary/aromatic N) is 4. The Balaban J connectivity index is 1.56. The summed E-state index contributed by atoms with van der Waals surface area (Å²) in [7, 11) is 1.62. The summed E-state index contributed by atoms with van der Waals surface area (Å²) in [6.07, 6.45) is 0. The molecule has 0 spiro atoms. The van der Waals surface area contributed by atoms with Crippen LogP contribution in [-0.4, -0.2) is 32.7 Å². The molecule has 4 aromatic rings. The first-order chi connectivity index (χ1) is 18.2. The number of methoxy groups -OCH3 is 1. The Labute approximate surface area is 225 Å². The average Bonchev–Trinajstić information content (AvgIpc) is 3.33. The number of hydrogen-bond acceptors (Lipinski definition) is 7. The highest BCUT2D eigenvalue weighted by Gasteiger charge is 2.18. The number of nitrogens with one attached hydrogen (secondary N) is 1. The molecule has 0 fully saturated rings. The van der Waals surface area contributed by atoms with Gasteiger partial charge in [-0.25, -0.2) is 0 Å². The Morgan fingerprint density at radius 1 is 1.05 bits per heavy atom. The molecule has 1 heterocycles. The molecule has 0 aliphatic heterocycles. The zero-order valence-electron chi connectivity index (χ0n) is 21.7. The molecule has 0 bridgehead atoms. The minimum absolute atomic E-state index is 0.00483. The van der Waals surface area contributed by atoms with Crippen molar-refractivity contribution in [1.82, 2.24) is 20.1 Å². The predicted molar refractivity (Wildman–Crippen MR) is 147 cm³/mol. The molecule has 38 heavy (non-hydrogen) atoms. The summed E-state index contributed by atoms with van der Waals surface area (Å²) < 4.78 is 7.11. The van der Waals surface area contributed by atoms with Crippen LogP contribution in [0.1, 0.15) is 48.1 Å². The van der Waals surface area contributed by atoms with Crippen molar-refractivity contribution in [3.8, 4) is 11.4 Å². The van der Waals surface area contributed by atoms with Gasteiger partial charge in [0.1, 0.15) is 5.75 Å². The van der Waals surface area contributed by atoms with Crippen LogP contribution >= 0.6 is 11.8 Å². The lowest BCUT2D eigenvalue weighted by molar-refractivity contribution is -0.384. The Bertz CT molecular complexity index is 1430. The van der Waals surface area contributed by atoms with Crippen molar-refractivity contribution in [2.45, 2.75) is 43.6 Å². The van der Waals surface area contributed by atoms with Crippen LogP contribution in [0.15, 0.2) is 78.0 Å². The highest BCUT2D eigenvalue weighted by atomic mass is 32.2. The number of aromatic nitrogens is 3. The molecule has 196 valence electrons. The summed E-state index contributed by atoms with van der Waals surface area (Å²) in [5, 5.41) is 23.3. The van der Waals surface area contributed by atoms with Crippen LogP contribution in [0.2, 0.25) is 0 Å². The van der Waals surface area contributed by atoms with E-state index in [9.17, 15) is 14.9 Å². The van der Waals surface area contributed by atoms with Gasteiger partial charge in [-0.1, -0.05) is 56.8 Å². The van der Waals surface area contributed by atoms with Gasteiger partial charge in [0.25, 0.3) is 11.6 Å². The van der Waals surface area contributed by atoms with Gasteiger partial charge >= 0.3 is 0 Å². The predicted octanol–water partition coefficient (Wildman–Crippen LogP) is 5.70. The highest BCUT2D eigenvalue weighted by molar-refractivity contribution is 7.98. The first-order valence-electron chi connectivity index (χ1n) is 12.0. The van der Waals surface area contributed by atoms with Gasteiger partial charge in [-0.15, -0.1) is 10.2 Å². The molecule has 1 amide bonds. The zero-order chi connectivity index (χ0) is 27.3. The maximum atomic E-state index is 12.9. The quantitative estimate of drug-likeness (QED) is 0.167. The molecule has 0 atom stereocenters. The van der Waals surface area contributed by atoms with Crippen molar-refractivity contribution >= 4 is 23.4 Å². The first-order valence-corrected chi connectivity index (χ1v) is 13.0. The number of benzene rings is 3. The Morgan fingerprint density at radius 2 is 1.76 bits per heavy atom. The van der Waals surface area contributed by atoms with Gasteiger partial charge < -0.3 is 10.1 Å². The molecule has 0 radical (unpaired) electrons. The van der Waals surface area contributed by atoms with Crippen LogP contribution in [0.4, 0.5) is 5.69 Å². The van der Waals surface area contributed by atoms with E-state index in [2.05, 4.69) is 36.3 Å². The molecule has 1 aromatic heterocycles. The van der Waals surface area contributed by atoms with E-state index in [-0.39, 0.29) is 23.6 Å². The van der Waals surface area contributed by atoms with Crippen molar-refractivity contribution < 1.29 is 14.5 Å². The van der Waals surface area contributed by atoms with Gasteiger partial charge in [0, 0.05) is 29.1 Å². The minimum Gasteiger partial charge on any atom is -0.497 e. The van der Waals surface area contributed by atoms with Crippen molar-refractivity contribution in [1.29, 1.82) is 0 Å². The summed E-state index contributed by atoms with van der Waals surface area (Å²) in [5.74, 6) is 1.65. The van der Waals surface area contributed by atoms with Crippen molar-refractivity contribution in [3.63, 3.8) is 0 Å². The van der Waals surface area contributed by atoms with Gasteiger partial charge in [-0.3, -0.25) is 19.5 Å². The maximum absolute atomic E-state index is 12.9. The molecule has 0 aliphatic carbocycles. The van der Waals surface area contributed by atoms with Gasteiger partial charge in [-0.2, -0.15) is 0 Å². The second kappa shape index (κ2) is 11.5. The molecule has 0 saturated carbocycles. The van der Waals surface area contributed by atoms with E-state index in [1.807, 2.05) is 48.5 Å². The van der Waals surface area contributed by atoms with E-state index in [0.717, 1.165) is 16.9 Å². The average molecular weight is 532 g/mol. The molecule has 10 heteroatoms. The molecule has 3 aromatic carbocycles. The van der Waals surface area contributed by atoms with Crippen LogP contribution < -0.4 is 10.1 Å². The number of nitro benzene ring substituents is 1. The molecule has 0 saturated heterocycles. The van der Waals surface area contributed by atoms with Crippen LogP contribution in [0, 0.1) is 10.1 Å². The third-order valence-electron chi connectivity index (χ3n) is 5.94. The fraction of sp³-hybridized carbons (Fsp3) is 0.250. The third-order valence-corrected chi connectivity index (χ3v) is 6.94. The molecule has 0 aliphatic rings. The van der Waals surface area contributed by atoms with Crippen molar-refractivity contribution in [2.24, 2.45) is 0 Å². The Kier molecular flexibility index (Phi) is 8.11. The number of carbonyl (C=O) groups excluding carboxylic acids is 1. The van der Waals surface area contributed by atoms with Gasteiger partial charge in [-0.05, 0) is 52.9 Å². The van der Waals surface area contributed by atoms with Crippen LogP contribution in [-0.2, 0) is 17.7 Å². The molecular weight excluding hydrogens is 502 g/mol. The second-order valence-corrected chi connectivity index (χ2v) is 10.6. The van der Waals surface area contributed by atoms with Gasteiger partial charge in [0.2, 0.25) is 0 Å². The third kappa shape index (κ3) is 6.38. The first kappa shape index (κ1) is 26.9. The Morgan fingerprint density at radius 3 is 2.39 bits per heavy atom. The van der Waals surface area contributed by atoms with E-state index in [1.54, 1.807) is 23.8 Å². The molecular formula is C28H29N5O4S. The van der Waals surface area contributed by atoms with Crippen LogP contribution in [0.3, 0.4) is 0 Å².